The summed E-state index contributed by atoms with van der Waals surface area (Å²) in [5.74, 6) is 3.45. The number of ether oxygens (including phenoxy) is 3. The van der Waals surface area contributed by atoms with Gasteiger partial charge in [-0.3, -0.25) is 0 Å². The second kappa shape index (κ2) is 11.1. The van der Waals surface area contributed by atoms with Gasteiger partial charge in [0.1, 0.15) is 29.6 Å². The lowest BCUT2D eigenvalue weighted by molar-refractivity contribution is -0.170. The van der Waals surface area contributed by atoms with E-state index >= 15 is 0 Å². The van der Waals surface area contributed by atoms with Crippen LogP contribution in [0, 0.1) is 5.92 Å². The van der Waals surface area contributed by atoms with Crippen molar-refractivity contribution in [3.05, 3.63) is 30.4 Å². The van der Waals surface area contributed by atoms with E-state index in [1.165, 1.54) is 0 Å². The van der Waals surface area contributed by atoms with Crippen LogP contribution in [0.25, 0.3) is 11.0 Å². The van der Waals surface area contributed by atoms with Crippen molar-refractivity contribution in [1.29, 1.82) is 0 Å². The van der Waals surface area contributed by atoms with Crippen LogP contribution in [0.15, 0.2) is 24.5 Å². The Hall–Kier alpha value is -2.82. The predicted molar refractivity (Wildman–Crippen MR) is 138 cm³/mol. The number of nitrogens with one attached hydrogen (secondary N) is 1. The largest absolute Gasteiger partial charge is 0.381 e. The maximum Gasteiger partial charge on any atom is 0.227 e. The first-order valence-electron chi connectivity index (χ1n) is 13.0. The number of aromatic nitrogens is 5. The highest BCUT2D eigenvalue weighted by Crippen LogP contribution is 2.27. The van der Waals surface area contributed by atoms with Crippen molar-refractivity contribution in [2.45, 2.75) is 71.5 Å². The zero-order valence-corrected chi connectivity index (χ0v) is 21.7. The van der Waals surface area contributed by atoms with Crippen LogP contribution < -0.4 is 10.2 Å². The molecule has 2 aliphatic heterocycles. The van der Waals surface area contributed by atoms with Gasteiger partial charge in [-0.2, -0.15) is 4.98 Å². The van der Waals surface area contributed by atoms with Gasteiger partial charge in [0, 0.05) is 45.1 Å². The van der Waals surface area contributed by atoms with Crippen LogP contribution in [0.4, 0.5) is 17.6 Å². The van der Waals surface area contributed by atoms with Gasteiger partial charge in [0.2, 0.25) is 5.95 Å². The number of anilines is 3. The third-order valence-corrected chi connectivity index (χ3v) is 7.01. The monoisotopic (exact) mass is 495 g/mol. The van der Waals surface area contributed by atoms with Crippen molar-refractivity contribution < 1.29 is 14.2 Å². The van der Waals surface area contributed by atoms with Gasteiger partial charge in [-0.05, 0) is 51.5 Å². The predicted octanol–water partition coefficient (Wildman–Crippen LogP) is 4.45. The summed E-state index contributed by atoms with van der Waals surface area (Å²) in [5, 5.41) is 3.36. The van der Waals surface area contributed by atoms with E-state index in [-0.39, 0.29) is 18.4 Å². The molecule has 3 atom stereocenters. The minimum atomic E-state index is -0.148. The molecule has 3 aromatic heterocycles. The third-order valence-electron chi connectivity index (χ3n) is 7.01. The molecule has 5 heterocycles. The summed E-state index contributed by atoms with van der Waals surface area (Å²) in [6.45, 7) is 9.44. The van der Waals surface area contributed by atoms with E-state index in [9.17, 15) is 0 Å². The molecule has 3 aromatic rings. The lowest BCUT2D eigenvalue weighted by Gasteiger charge is -2.36. The number of fused-ring (bicyclic) bond motifs is 1. The molecule has 0 amide bonds. The molecule has 0 aromatic carbocycles. The quantitative estimate of drug-likeness (QED) is 0.486. The minimum Gasteiger partial charge on any atom is -0.381 e. The number of piperidine rings is 1. The Bertz CT molecular complexity index is 1160. The standard InChI is InChI=1S/C26H37N7O3/c1-17(2)33-20-13-23(28-14-19(20)29-24(33)16-36-25-7-5-6-12-35-25)30-22-8-10-27-26(31-22)32-11-9-21(34-4)18(3)15-32/h8,10,13-14,17-18,21,25H,5-7,9,11-12,15-16H2,1-4H3,(H,27,28,30,31)/t18-,21+,25?/m1/s1. The van der Waals surface area contributed by atoms with Gasteiger partial charge in [0.05, 0.1) is 17.8 Å². The van der Waals surface area contributed by atoms with Gasteiger partial charge in [0.15, 0.2) is 6.29 Å². The molecule has 10 heteroatoms. The van der Waals surface area contributed by atoms with E-state index in [2.05, 4.69) is 45.5 Å². The second-order valence-corrected chi connectivity index (χ2v) is 10.0. The molecule has 10 nitrogen and oxygen atoms in total. The van der Waals surface area contributed by atoms with Gasteiger partial charge < -0.3 is 29.0 Å². The average molecular weight is 496 g/mol. The van der Waals surface area contributed by atoms with Crippen LogP contribution in [0.3, 0.4) is 0 Å². The molecular formula is C26H37N7O3. The molecule has 5 rings (SSSR count). The zero-order chi connectivity index (χ0) is 25.1. The lowest BCUT2D eigenvalue weighted by Crippen LogP contribution is -2.43. The summed E-state index contributed by atoms with van der Waals surface area (Å²) < 4.78 is 19.6. The van der Waals surface area contributed by atoms with Gasteiger partial charge >= 0.3 is 0 Å². The van der Waals surface area contributed by atoms with Gasteiger partial charge in [0.25, 0.3) is 0 Å². The van der Waals surface area contributed by atoms with Crippen LogP contribution in [0.1, 0.15) is 58.3 Å². The molecule has 0 spiro atoms. The van der Waals surface area contributed by atoms with E-state index in [0.717, 1.165) is 68.2 Å². The van der Waals surface area contributed by atoms with Crippen LogP contribution in [-0.4, -0.2) is 63.7 Å². The summed E-state index contributed by atoms with van der Waals surface area (Å²) >= 11 is 0. The van der Waals surface area contributed by atoms with Crippen LogP contribution in [0.2, 0.25) is 0 Å². The van der Waals surface area contributed by atoms with Crippen LogP contribution in [-0.2, 0) is 20.8 Å². The molecule has 2 aliphatic rings. The smallest absolute Gasteiger partial charge is 0.227 e. The first-order valence-corrected chi connectivity index (χ1v) is 13.0. The first kappa shape index (κ1) is 24.9. The maximum absolute atomic E-state index is 6.04. The highest BCUT2D eigenvalue weighted by Gasteiger charge is 2.27. The number of nitrogens with zero attached hydrogens (tertiary/aromatic N) is 6. The number of hydrogen-bond donors (Lipinski definition) is 1. The topological polar surface area (TPSA) is 99.5 Å². The molecule has 2 saturated heterocycles. The molecule has 0 aliphatic carbocycles. The Labute approximate surface area is 212 Å². The van der Waals surface area contributed by atoms with Crippen molar-refractivity contribution in [2.24, 2.45) is 5.92 Å². The van der Waals surface area contributed by atoms with Gasteiger partial charge in [-0.25, -0.2) is 15.0 Å². The highest BCUT2D eigenvalue weighted by atomic mass is 16.7. The second-order valence-electron chi connectivity index (χ2n) is 10.0. The number of methoxy groups -OCH3 is 1. The molecule has 2 fully saturated rings. The van der Waals surface area contributed by atoms with Crippen molar-refractivity contribution in [1.82, 2.24) is 24.5 Å². The van der Waals surface area contributed by atoms with E-state index in [1.807, 2.05) is 12.1 Å². The van der Waals surface area contributed by atoms with Gasteiger partial charge in [-0.1, -0.05) is 6.92 Å². The molecule has 194 valence electrons. The Morgan fingerprint density at radius 1 is 1.17 bits per heavy atom. The minimum absolute atomic E-state index is 0.148. The summed E-state index contributed by atoms with van der Waals surface area (Å²) in [6, 6.07) is 4.11. The van der Waals surface area contributed by atoms with Crippen LogP contribution in [0.5, 0.6) is 0 Å². The Kier molecular flexibility index (Phi) is 7.64. The van der Waals surface area contributed by atoms with Crippen molar-refractivity contribution in [2.75, 3.05) is 37.0 Å². The Morgan fingerprint density at radius 2 is 2.06 bits per heavy atom. The van der Waals surface area contributed by atoms with E-state index in [0.29, 0.717) is 24.2 Å². The molecule has 0 saturated carbocycles. The molecule has 0 bridgehead atoms. The van der Waals surface area contributed by atoms with Crippen molar-refractivity contribution in [3.8, 4) is 0 Å². The molecule has 36 heavy (non-hydrogen) atoms. The maximum atomic E-state index is 6.04. The Morgan fingerprint density at radius 3 is 2.81 bits per heavy atom. The Balaban J connectivity index is 1.33. The molecule has 1 N–H and O–H groups in total. The van der Waals surface area contributed by atoms with Gasteiger partial charge in [-0.15, -0.1) is 0 Å². The number of rotatable bonds is 8. The SMILES string of the molecule is CO[C@H]1CCN(c2nccc(Nc3cc4c(cn3)nc(COC3CCCCO3)n4C(C)C)n2)C[C@H]1C. The van der Waals surface area contributed by atoms with Crippen LogP contribution >= 0.6 is 0 Å². The fraction of sp³-hybridized carbons (Fsp3) is 0.615. The number of hydrogen-bond acceptors (Lipinski definition) is 9. The summed E-state index contributed by atoms with van der Waals surface area (Å²) in [5.41, 5.74) is 1.85. The number of pyridine rings is 1. The fourth-order valence-corrected chi connectivity index (χ4v) is 5.16. The average Bonchev–Trinajstić information content (AvgIpc) is 3.26. The fourth-order valence-electron chi connectivity index (χ4n) is 5.16. The van der Waals surface area contributed by atoms with Crippen molar-refractivity contribution in [3.63, 3.8) is 0 Å². The summed E-state index contributed by atoms with van der Waals surface area (Å²) in [4.78, 5) is 20.9. The third kappa shape index (κ3) is 5.45. The summed E-state index contributed by atoms with van der Waals surface area (Å²) in [7, 11) is 1.79. The first-order chi connectivity index (χ1) is 17.5. The van der Waals surface area contributed by atoms with E-state index in [4.69, 9.17) is 24.2 Å². The summed E-state index contributed by atoms with van der Waals surface area (Å²) in [6.07, 6.45) is 7.87. The zero-order valence-electron chi connectivity index (χ0n) is 21.7. The van der Waals surface area contributed by atoms with Crippen molar-refractivity contribution >= 4 is 28.6 Å². The number of imidazole rings is 1. The molecule has 0 radical (unpaired) electrons. The lowest BCUT2D eigenvalue weighted by atomic mass is 9.97. The molecule has 1 unspecified atom stereocenters. The van der Waals surface area contributed by atoms with E-state index < -0.39 is 0 Å². The highest BCUT2D eigenvalue weighted by molar-refractivity contribution is 5.79. The van der Waals surface area contributed by atoms with E-state index in [1.54, 1.807) is 19.5 Å². The molecular weight excluding hydrogens is 458 g/mol. The normalized spacial score (nSPS) is 22.9.